The lowest BCUT2D eigenvalue weighted by molar-refractivity contribution is 0.112. The number of fused-ring (bicyclic) bond motifs is 6. The molecular formula is C25H16BrN3O. The molecule has 5 rings (SSSR count). The molecule has 4 aromatic carbocycles. The number of aliphatic imine (C=N–C) groups is 1. The summed E-state index contributed by atoms with van der Waals surface area (Å²) in [6.07, 6.45) is 2.58. The summed E-state index contributed by atoms with van der Waals surface area (Å²) in [5, 5.41) is 4.20. The van der Waals surface area contributed by atoms with E-state index in [1.54, 1.807) is 6.20 Å². The van der Waals surface area contributed by atoms with Gasteiger partial charge in [0.2, 0.25) is 0 Å². The van der Waals surface area contributed by atoms with Crippen molar-refractivity contribution < 1.29 is 4.79 Å². The summed E-state index contributed by atoms with van der Waals surface area (Å²) >= 11 is 3.53. The highest BCUT2D eigenvalue weighted by Crippen LogP contribution is 2.36. The van der Waals surface area contributed by atoms with Crippen molar-refractivity contribution in [1.82, 2.24) is 9.97 Å². The number of aldehydes is 1. The van der Waals surface area contributed by atoms with Crippen LogP contribution in [0.15, 0.2) is 82.4 Å². The molecule has 0 aliphatic heterocycles. The summed E-state index contributed by atoms with van der Waals surface area (Å²) in [5.74, 6) is 0.699. The van der Waals surface area contributed by atoms with Gasteiger partial charge in [-0.25, -0.2) is 4.98 Å². The van der Waals surface area contributed by atoms with Crippen molar-refractivity contribution in [1.29, 1.82) is 0 Å². The maximum absolute atomic E-state index is 11.4. The first-order valence-electron chi connectivity index (χ1n) is 9.41. The fourth-order valence-electron chi connectivity index (χ4n) is 3.91. The van der Waals surface area contributed by atoms with Crippen LogP contribution in [0, 0.1) is 0 Å². The Labute approximate surface area is 181 Å². The van der Waals surface area contributed by atoms with Gasteiger partial charge in [0.1, 0.15) is 12.1 Å². The molecule has 144 valence electrons. The number of aromatic nitrogens is 2. The van der Waals surface area contributed by atoms with E-state index >= 15 is 0 Å². The Morgan fingerprint density at radius 2 is 1.77 bits per heavy atom. The zero-order valence-electron chi connectivity index (χ0n) is 15.9. The van der Waals surface area contributed by atoms with Gasteiger partial charge in [-0.15, -0.1) is 0 Å². The molecule has 0 atom stereocenters. The predicted octanol–water partition coefficient (Wildman–Crippen LogP) is 6.53. The van der Waals surface area contributed by atoms with Crippen LogP contribution in [0.25, 0.3) is 38.2 Å². The molecule has 0 fully saturated rings. The van der Waals surface area contributed by atoms with Gasteiger partial charge in [0.15, 0.2) is 0 Å². The monoisotopic (exact) mass is 453 g/mol. The third kappa shape index (κ3) is 2.95. The summed E-state index contributed by atoms with van der Waals surface area (Å²) in [5.41, 5.74) is 4.20. The van der Waals surface area contributed by atoms with Gasteiger partial charge in [0.25, 0.3) is 0 Å². The standard InChI is InChI=1S/C25H16BrN3O/c1-27-13-22(16-5-4-6-17(26)12-16)25-28-23-20-8-3-2-7-18(20)19-10-9-15(14-30)11-21(19)24(23)29-25/h2-14H,1H2,(H,28,29)/b22-13+. The summed E-state index contributed by atoms with van der Waals surface area (Å²) < 4.78 is 0.970. The van der Waals surface area contributed by atoms with Gasteiger partial charge in [0.05, 0.1) is 11.0 Å². The highest BCUT2D eigenvalue weighted by molar-refractivity contribution is 9.10. The average Bonchev–Trinajstić information content (AvgIpc) is 3.22. The summed E-state index contributed by atoms with van der Waals surface area (Å²) in [7, 11) is 0. The second-order valence-electron chi connectivity index (χ2n) is 7.01. The number of H-pyrrole nitrogens is 1. The van der Waals surface area contributed by atoms with E-state index in [1.807, 2.05) is 54.6 Å². The molecule has 0 aliphatic rings. The number of hydrogen-bond acceptors (Lipinski definition) is 3. The highest BCUT2D eigenvalue weighted by atomic mass is 79.9. The number of aromatic amines is 1. The Bertz CT molecular complexity index is 1500. The van der Waals surface area contributed by atoms with Crippen molar-refractivity contribution in [2.24, 2.45) is 4.99 Å². The molecule has 0 amide bonds. The number of hydrogen-bond donors (Lipinski definition) is 1. The molecule has 0 saturated heterocycles. The van der Waals surface area contributed by atoms with Crippen LogP contribution in [0.1, 0.15) is 21.7 Å². The van der Waals surface area contributed by atoms with Crippen LogP contribution in [-0.2, 0) is 0 Å². The maximum atomic E-state index is 11.4. The minimum atomic E-state index is 0.630. The summed E-state index contributed by atoms with van der Waals surface area (Å²) in [6, 6.07) is 21.9. The number of imidazole rings is 1. The molecule has 5 aromatic rings. The van der Waals surface area contributed by atoms with Crippen LogP contribution >= 0.6 is 15.9 Å². The predicted molar refractivity (Wildman–Crippen MR) is 127 cm³/mol. The second kappa shape index (κ2) is 7.35. The molecule has 1 aromatic heterocycles. The van der Waals surface area contributed by atoms with Gasteiger partial charge >= 0.3 is 0 Å². The van der Waals surface area contributed by atoms with Crippen molar-refractivity contribution in [2.75, 3.05) is 0 Å². The molecule has 1 heterocycles. The van der Waals surface area contributed by atoms with Crippen LogP contribution < -0.4 is 0 Å². The topological polar surface area (TPSA) is 58.1 Å². The molecule has 0 unspecified atom stereocenters. The number of halogens is 1. The summed E-state index contributed by atoms with van der Waals surface area (Å²) in [6.45, 7) is 3.63. The van der Waals surface area contributed by atoms with Gasteiger partial charge in [-0.2, -0.15) is 0 Å². The van der Waals surface area contributed by atoms with Crippen molar-refractivity contribution in [3.63, 3.8) is 0 Å². The zero-order chi connectivity index (χ0) is 20.7. The van der Waals surface area contributed by atoms with E-state index in [9.17, 15) is 4.79 Å². The Morgan fingerprint density at radius 1 is 0.967 bits per heavy atom. The molecular weight excluding hydrogens is 438 g/mol. The van der Waals surface area contributed by atoms with E-state index in [2.05, 4.69) is 44.8 Å². The summed E-state index contributed by atoms with van der Waals surface area (Å²) in [4.78, 5) is 23.9. The third-order valence-corrected chi connectivity index (χ3v) is 5.73. The van der Waals surface area contributed by atoms with Crippen LogP contribution in [0.2, 0.25) is 0 Å². The van der Waals surface area contributed by atoms with E-state index < -0.39 is 0 Å². The van der Waals surface area contributed by atoms with E-state index in [0.717, 1.165) is 54.5 Å². The lowest BCUT2D eigenvalue weighted by Gasteiger charge is -2.06. The van der Waals surface area contributed by atoms with Crippen molar-refractivity contribution >= 4 is 67.1 Å². The zero-order valence-corrected chi connectivity index (χ0v) is 17.5. The number of carbonyl (C=O) groups is 1. The normalized spacial score (nSPS) is 12.0. The first kappa shape index (κ1) is 18.5. The van der Waals surface area contributed by atoms with Gasteiger partial charge in [-0.1, -0.05) is 64.5 Å². The Balaban J connectivity index is 1.88. The van der Waals surface area contributed by atoms with Gasteiger partial charge < -0.3 is 4.98 Å². The molecule has 0 aliphatic carbocycles. The van der Waals surface area contributed by atoms with Crippen molar-refractivity contribution in [3.8, 4) is 0 Å². The third-order valence-electron chi connectivity index (χ3n) is 5.24. The Morgan fingerprint density at radius 3 is 2.53 bits per heavy atom. The first-order valence-corrected chi connectivity index (χ1v) is 10.2. The van der Waals surface area contributed by atoms with E-state index in [-0.39, 0.29) is 0 Å². The molecule has 1 N–H and O–H groups in total. The number of nitrogens with one attached hydrogen (secondary N) is 1. The largest absolute Gasteiger partial charge is 0.337 e. The number of nitrogens with zero attached hydrogens (tertiary/aromatic N) is 2. The van der Waals surface area contributed by atoms with Crippen molar-refractivity contribution in [3.05, 3.63) is 94.4 Å². The highest BCUT2D eigenvalue weighted by Gasteiger charge is 2.16. The minimum Gasteiger partial charge on any atom is -0.337 e. The van der Waals surface area contributed by atoms with E-state index in [4.69, 9.17) is 4.98 Å². The van der Waals surface area contributed by atoms with Gasteiger partial charge in [0, 0.05) is 32.6 Å². The average molecular weight is 454 g/mol. The van der Waals surface area contributed by atoms with E-state index in [0.29, 0.717) is 11.4 Å². The molecule has 0 spiro atoms. The number of benzene rings is 4. The fraction of sp³-hybridized carbons (Fsp3) is 0. The number of carbonyl (C=O) groups excluding carboxylic acids is 1. The molecule has 5 heteroatoms. The van der Waals surface area contributed by atoms with Crippen LogP contribution in [0.5, 0.6) is 0 Å². The SMILES string of the molecule is C=N/C=C(\c1cccc(Br)c1)c1nc2c3ccccc3c3ccc(C=O)cc3c2[nH]1. The molecule has 4 nitrogen and oxygen atoms in total. The van der Waals surface area contributed by atoms with Crippen molar-refractivity contribution in [2.45, 2.75) is 0 Å². The molecule has 0 radical (unpaired) electrons. The Kier molecular flexibility index (Phi) is 4.52. The second-order valence-corrected chi connectivity index (χ2v) is 7.93. The van der Waals surface area contributed by atoms with E-state index in [1.165, 1.54) is 0 Å². The molecule has 0 saturated carbocycles. The Hall–Kier alpha value is -3.57. The van der Waals surface area contributed by atoms with Crippen LogP contribution in [0.4, 0.5) is 0 Å². The van der Waals surface area contributed by atoms with Gasteiger partial charge in [-0.3, -0.25) is 9.79 Å². The number of rotatable bonds is 4. The first-order chi connectivity index (χ1) is 14.7. The lowest BCUT2D eigenvalue weighted by Crippen LogP contribution is -1.90. The fourth-order valence-corrected chi connectivity index (χ4v) is 4.31. The minimum absolute atomic E-state index is 0.630. The van der Waals surface area contributed by atoms with Crippen LogP contribution in [-0.4, -0.2) is 23.0 Å². The quantitative estimate of drug-likeness (QED) is 0.191. The maximum Gasteiger partial charge on any atom is 0.150 e. The smallest absolute Gasteiger partial charge is 0.150 e. The molecule has 30 heavy (non-hydrogen) atoms. The molecule has 0 bridgehead atoms. The van der Waals surface area contributed by atoms with Gasteiger partial charge in [-0.05, 0) is 41.3 Å². The van der Waals surface area contributed by atoms with Crippen LogP contribution in [0.3, 0.4) is 0 Å². The lowest BCUT2D eigenvalue weighted by atomic mass is 9.98.